The number of rotatable bonds is 12. The SMILES string of the molecule is CCCCCC/C=C/[C@H]1OCCC[C@@H]1C/C=C/CC(O)C(O)(O)C(=O)O. The van der Waals surface area contributed by atoms with Crippen molar-refractivity contribution >= 4 is 5.97 Å². The molecule has 1 aliphatic rings. The molecule has 3 atom stereocenters. The van der Waals surface area contributed by atoms with Gasteiger partial charge in [-0.15, -0.1) is 0 Å². The Bertz CT molecular complexity index is 457. The molecular formula is C20H34O6. The maximum absolute atomic E-state index is 10.7. The van der Waals surface area contributed by atoms with Crippen LogP contribution >= 0.6 is 0 Å². The minimum Gasteiger partial charge on any atom is -0.477 e. The zero-order valence-corrected chi connectivity index (χ0v) is 15.7. The van der Waals surface area contributed by atoms with Gasteiger partial charge in [0.2, 0.25) is 0 Å². The first-order chi connectivity index (χ1) is 12.4. The Morgan fingerprint density at radius 2 is 2.00 bits per heavy atom. The molecule has 1 saturated heterocycles. The molecule has 4 N–H and O–H groups in total. The van der Waals surface area contributed by atoms with Gasteiger partial charge < -0.3 is 25.2 Å². The molecule has 0 aromatic rings. The Kier molecular flexibility index (Phi) is 10.7. The summed E-state index contributed by atoms with van der Waals surface area (Å²) in [6.07, 6.45) is 14.8. The Morgan fingerprint density at radius 1 is 1.23 bits per heavy atom. The maximum atomic E-state index is 10.7. The molecule has 0 saturated carbocycles. The standard InChI is InChI=1S/C20H34O6/c1-2-3-4-5-6-7-13-17-16(12-10-15-26-17)11-8-9-14-18(21)20(24,25)19(22)23/h7-9,13,16-18,21,24-25H,2-6,10-12,14-15H2,1H3,(H,22,23)/b9-8+,13-7+/t16-,17+,18?/m0/s1. The smallest absolute Gasteiger partial charge is 0.366 e. The van der Waals surface area contributed by atoms with Gasteiger partial charge >= 0.3 is 5.97 Å². The molecule has 1 fully saturated rings. The Hall–Kier alpha value is -1.21. The van der Waals surface area contributed by atoms with E-state index in [-0.39, 0.29) is 12.5 Å². The van der Waals surface area contributed by atoms with Crippen LogP contribution in [0.15, 0.2) is 24.3 Å². The van der Waals surface area contributed by atoms with E-state index in [4.69, 9.17) is 9.84 Å². The number of hydrogen-bond acceptors (Lipinski definition) is 5. The van der Waals surface area contributed by atoms with Crippen LogP contribution in [0.3, 0.4) is 0 Å². The van der Waals surface area contributed by atoms with Crippen molar-refractivity contribution in [2.75, 3.05) is 6.61 Å². The summed E-state index contributed by atoms with van der Waals surface area (Å²) < 4.78 is 5.85. The second kappa shape index (κ2) is 12.2. The average Bonchev–Trinajstić information content (AvgIpc) is 2.62. The summed E-state index contributed by atoms with van der Waals surface area (Å²) in [5.41, 5.74) is 0. The second-order valence-electron chi connectivity index (χ2n) is 7.01. The lowest BCUT2D eigenvalue weighted by Crippen LogP contribution is -2.49. The van der Waals surface area contributed by atoms with Crippen LogP contribution in [0.5, 0.6) is 0 Å². The first kappa shape index (κ1) is 22.8. The molecule has 1 heterocycles. The van der Waals surface area contributed by atoms with Gasteiger partial charge in [0.05, 0.1) is 6.10 Å². The van der Waals surface area contributed by atoms with E-state index in [0.717, 1.165) is 32.3 Å². The number of ether oxygens (including phenoxy) is 1. The largest absolute Gasteiger partial charge is 0.477 e. The lowest BCUT2D eigenvalue weighted by molar-refractivity contribution is -0.235. The number of carbonyl (C=O) groups is 1. The number of aliphatic hydroxyl groups is 3. The minimum absolute atomic E-state index is 0.0818. The van der Waals surface area contributed by atoms with Crippen LogP contribution in [-0.4, -0.2) is 51.0 Å². The van der Waals surface area contributed by atoms with E-state index in [9.17, 15) is 20.1 Å². The molecule has 1 unspecified atom stereocenters. The monoisotopic (exact) mass is 370 g/mol. The van der Waals surface area contributed by atoms with Crippen LogP contribution in [0, 0.1) is 5.92 Å². The number of allylic oxidation sites excluding steroid dienone is 2. The molecule has 1 rings (SSSR count). The summed E-state index contributed by atoms with van der Waals surface area (Å²) in [5.74, 6) is -4.64. The van der Waals surface area contributed by atoms with E-state index in [1.807, 2.05) is 6.08 Å². The highest BCUT2D eigenvalue weighted by Crippen LogP contribution is 2.26. The summed E-state index contributed by atoms with van der Waals surface area (Å²) in [5, 5.41) is 36.8. The summed E-state index contributed by atoms with van der Waals surface area (Å²) in [6, 6.07) is 0. The van der Waals surface area contributed by atoms with Gasteiger partial charge in [0.1, 0.15) is 6.10 Å². The highest BCUT2D eigenvalue weighted by Gasteiger charge is 2.40. The molecule has 0 aliphatic carbocycles. The van der Waals surface area contributed by atoms with Gasteiger partial charge in [-0.25, -0.2) is 4.79 Å². The predicted molar refractivity (Wildman–Crippen MR) is 99.5 cm³/mol. The number of carboxylic acid groups (broad SMARTS) is 1. The molecule has 0 aromatic heterocycles. The van der Waals surface area contributed by atoms with Crippen LogP contribution in [0.2, 0.25) is 0 Å². The fourth-order valence-corrected chi connectivity index (χ4v) is 3.05. The van der Waals surface area contributed by atoms with E-state index in [1.165, 1.54) is 25.7 Å². The van der Waals surface area contributed by atoms with E-state index < -0.39 is 17.9 Å². The van der Waals surface area contributed by atoms with Gasteiger partial charge in [-0.1, -0.05) is 50.5 Å². The summed E-state index contributed by atoms with van der Waals surface area (Å²) in [6.45, 7) is 2.96. The third-order valence-corrected chi connectivity index (χ3v) is 4.79. The average molecular weight is 370 g/mol. The highest BCUT2D eigenvalue weighted by molar-refractivity contribution is 5.75. The Balaban J connectivity index is 2.40. The fourth-order valence-electron chi connectivity index (χ4n) is 3.05. The van der Waals surface area contributed by atoms with Crippen LogP contribution in [0.1, 0.15) is 64.7 Å². The molecule has 150 valence electrons. The highest BCUT2D eigenvalue weighted by atomic mass is 16.6. The van der Waals surface area contributed by atoms with Gasteiger partial charge in [-0.2, -0.15) is 0 Å². The van der Waals surface area contributed by atoms with Crippen LogP contribution < -0.4 is 0 Å². The summed E-state index contributed by atoms with van der Waals surface area (Å²) in [4.78, 5) is 10.7. The van der Waals surface area contributed by atoms with Crippen molar-refractivity contribution in [2.45, 2.75) is 82.7 Å². The number of hydrogen-bond donors (Lipinski definition) is 4. The quantitative estimate of drug-likeness (QED) is 0.239. The first-order valence-electron chi connectivity index (χ1n) is 9.69. The number of unbranched alkanes of at least 4 members (excludes halogenated alkanes) is 4. The lowest BCUT2D eigenvalue weighted by atomic mass is 9.90. The molecule has 0 bridgehead atoms. The van der Waals surface area contributed by atoms with E-state index in [1.54, 1.807) is 6.08 Å². The van der Waals surface area contributed by atoms with Crippen LogP contribution in [0.4, 0.5) is 0 Å². The molecule has 0 spiro atoms. The van der Waals surface area contributed by atoms with Crippen molar-refractivity contribution in [3.8, 4) is 0 Å². The molecular weight excluding hydrogens is 336 g/mol. The van der Waals surface area contributed by atoms with Gasteiger partial charge in [0.15, 0.2) is 0 Å². The van der Waals surface area contributed by atoms with Gasteiger partial charge in [-0.05, 0) is 44.4 Å². The Labute approximate surface area is 156 Å². The van der Waals surface area contributed by atoms with Crippen LogP contribution in [0.25, 0.3) is 0 Å². The fraction of sp³-hybridized carbons (Fsp3) is 0.750. The van der Waals surface area contributed by atoms with E-state index in [0.29, 0.717) is 5.92 Å². The normalized spacial score (nSPS) is 22.9. The van der Waals surface area contributed by atoms with Crippen LogP contribution in [-0.2, 0) is 9.53 Å². The van der Waals surface area contributed by atoms with Gasteiger partial charge in [-0.3, -0.25) is 0 Å². The van der Waals surface area contributed by atoms with Gasteiger partial charge in [0, 0.05) is 6.61 Å². The van der Waals surface area contributed by atoms with Crippen molar-refractivity contribution in [2.24, 2.45) is 5.92 Å². The molecule has 0 amide bonds. The Morgan fingerprint density at radius 3 is 2.69 bits per heavy atom. The third-order valence-electron chi connectivity index (χ3n) is 4.79. The molecule has 6 heteroatoms. The molecule has 6 nitrogen and oxygen atoms in total. The first-order valence-corrected chi connectivity index (χ1v) is 9.69. The lowest BCUT2D eigenvalue weighted by Gasteiger charge is -2.29. The topological polar surface area (TPSA) is 107 Å². The maximum Gasteiger partial charge on any atom is 0.366 e. The molecule has 1 aliphatic heterocycles. The number of aliphatic carboxylic acids is 1. The zero-order valence-electron chi connectivity index (χ0n) is 15.7. The zero-order chi connectivity index (χ0) is 19.4. The third kappa shape index (κ3) is 7.99. The van der Waals surface area contributed by atoms with Crippen molar-refractivity contribution in [3.05, 3.63) is 24.3 Å². The molecule has 26 heavy (non-hydrogen) atoms. The molecule has 0 aromatic carbocycles. The van der Waals surface area contributed by atoms with Crippen molar-refractivity contribution in [3.63, 3.8) is 0 Å². The van der Waals surface area contributed by atoms with Crippen molar-refractivity contribution < 1.29 is 30.0 Å². The second-order valence-corrected chi connectivity index (χ2v) is 7.01. The number of carboxylic acids is 1. The van der Waals surface area contributed by atoms with Crippen molar-refractivity contribution in [1.82, 2.24) is 0 Å². The molecule has 0 radical (unpaired) electrons. The predicted octanol–water partition coefficient (Wildman–Crippen LogP) is 2.77. The minimum atomic E-state index is -3.12. The van der Waals surface area contributed by atoms with E-state index in [2.05, 4.69) is 19.1 Å². The van der Waals surface area contributed by atoms with E-state index >= 15 is 0 Å². The summed E-state index contributed by atoms with van der Waals surface area (Å²) in [7, 11) is 0. The van der Waals surface area contributed by atoms with Crippen molar-refractivity contribution in [1.29, 1.82) is 0 Å². The van der Waals surface area contributed by atoms with Gasteiger partial charge in [0.25, 0.3) is 5.79 Å². The summed E-state index contributed by atoms with van der Waals surface area (Å²) >= 11 is 0. The number of aliphatic hydroxyl groups excluding tert-OH is 1.